The van der Waals surface area contributed by atoms with Gasteiger partial charge in [-0.2, -0.15) is 0 Å². The van der Waals surface area contributed by atoms with Crippen molar-refractivity contribution in [1.29, 1.82) is 0 Å². The number of amides is 4. The van der Waals surface area contributed by atoms with E-state index in [0.717, 1.165) is 0 Å². The maximum absolute atomic E-state index is 13.2. The van der Waals surface area contributed by atoms with Crippen molar-refractivity contribution in [1.82, 2.24) is 20.0 Å². The molecule has 0 aliphatic carbocycles. The van der Waals surface area contributed by atoms with Gasteiger partial charge in [-0.3, -0.25) is 19.2 Å². The van der Waals surface area contributed by atoms with Crippen LogP contribution >= 0.6 is 0 Å². The molecule has 4 atom stereocenters. The fourth-order valence-electron chi connectivity index (χ4n) is 6.78. The van der Waals surface area contributed by atoms with E-state index < -0.39 is 36.1 Å². The van der Waals surface area contributed by atoms with Gasteiger partial charge in [0.25, 0.3) is 11.8 Å². The van der Waals surface area contributed by atoms with Crippen LogP contribution in [-0.4, -0.2) is 79.0 Å². The minimum atomic E-state index is -1.34. The Morgan fingerprint density at radius 2 is 0.962 bits per heavy atom. The summed E-state index contributed by atoms with van der Waals surface area (Å²) in [6, 6.07) is 29.7. The topological polar surface area (TPSA) is 178 Å². The maximum atomic E-state index is 13.2. The first-order valence-electron chi connectivity index (χ1n) is 17.5. The van der Waals surface area contributed by atoms with Crippen molar-refractivity contribution >= 4 is 35.0 Å². The highest BCUT2D eigenvalue weighted by atomic mass is 16.4. The van der Waals surface area contributed by atoms with Crippen LogP contribution in [0.25, 0.3) is 22.9 Å². The Labute approximate surface area is 305 Å². The fourth-order valence-corrected chi connectivity index (χ4v) is 6.78. The summed E-state index contributed by atoms with van der Waals surface area (Å²) in [4.78, 5) is 55.4. The van der Waals surface area contributed by atoms with Gasteiger partial charge in [0.1, 0.15) is 12.1 Å². The van der Waals surface area contributed by atoms with Crippen LogP contribution in [-0.2, 0) is 19.2 Å². The summed E-state index contributed by atoms with van der Waals surface area (Å²) in [7, 11) is 0. The van der Waals surface area contributed by atoms with E-state index >= 15 is 0 Å². The molecule has 0 bridgehead atoms. The smallest absolute Gasteiger partial charge is 0.256 e. The first-order valence-corrected chi connectivity index (χ1v) is 17.5. The molecule has 4 aromatic carbocycles. The van der Waals surface area contributed by atoms with Crippen molar-refractivity contribution < 1.29 is 33.8 Å². The van der Waals surface area contributed by atoms with Crippen LogP contribution in [0.1, 0.15) is 49.0 Å². The highest BCUT2D eigenvalue weighted by molar-refractivity contribution is 5.99. The molecule has 0 radical (unpaired) electrons. The van der Waals surface area contributed by atoms with Gasteiger partial charge >= 0.3 is 0 Å². The molecule has 0 spiro atoms. The zero-order valence-corrected chi connectivity index (χ0v) is 28.7. The number of aliphatic hydroxyl groups excluding tert-OH is 2. The van der Waals surface area contributed by atoms with E-state index in [-0.39, 0.29) is 23.6 Å². The molecule has 4 N–H and O–H groups in total. The molecule has 2 aliphatic rings. The molecule has 4 amide bonds. The van der Waals surface area contributed by atoms with Gasteiger partial charge in [0, 0.05) is 35.6 Å². The molecule has 13 heteroatoms. The summed E-state index contributed by atoms with van der Waals surface area (Å²) >= 11 is 0. The number of likely N-dealkylation sites (tertiary alicyclic amines) is 2. The first kappa shape index (κ1) is 35.2. The predicted molar refractivity (Wildman–Crippen MR) is 195 cm³/mol. The average molecular weight is 715 g/mol. The van der Waals surface area contributed by atoms with Gasteiger partial charge in [0.15, 0.2) is 12.2 Å². The van der Waals surface area contributed by atoms with Crippen molar-refractivity contribution in [3.8, 4) is 22.9 Å². The molecule has 13 nitrogen and oxygen atoms in total. The summed E-state index contributed by atoms with van der Waals surface area (Å²) in [6.45, 7) is 0.776. The Balaban J connectivity index is 0.938. The summed E-state index contributed by atoms with van der Waals surface area (Å²) in [5, 5.41) is 35.3. The number of aliphatic hydroxyl groups is 2. The second-order valence-corrected chi connectivity index (χ2v) is 13.1. The summed E-state index contributed by atoms with van der Waals surface area (Å²) < 4.78 is 5.93. The molecular weight excluding hydrogens is 676 g/mol. The summed E-state index contributed by atoms with van der Waals surface area (Å²) in [6.07, 6.45) is -0.371. The van der Waals surface area contributed by atoms with E-state index in [2.05, 4.69) is 20.8 Å². The van der Waals surface area contributed by atoms with Gasteiger partial charge in [-0.05, 0) is 85.3 Å². The number of anilines is 2. The molecule has 270 valence electrons. The number of nitrogens with zero attached hydrogens (tertiary/aromatic N) is 4. The number of aromatic nitrogens is 2. The van der Waals surface area contributed by atoms with Crippen LogP contribution in [0.4, 0.5) is 11.4 Å². The molecule has 1 aromatic heterocycles. The quantitative estimate of drug-likeness (QED) is 0.159. The van der Waals surface area contributed by atoms with Crippen molar-refractivity contribution in [2.45, 2.75) is 50.0 Å². The number of hydrogen-bond donors (Lipinski definition) is 4. The Bertz CT molecular complexity index is 1920. The van der Waals surface area contributed by atoms with E-state index in [4.69, 9.17) is 4.42 Å². The lowest BCUT2D eigenvalue weighted by Crippen LogP contribution is -2.45. The van der Waals surface area contributed by atoms with Gasteiger partial charge < -0.3 is 35.1 Å². The van der Waals surface area contributed by atoms with Crippen molar-refractivity contribution in [3.63, 3.8) is 0 Å². The van der Waals surface area contributed by atoms with Gasteiger partial charge in [-0.15, -0.1) is 10.2 Å². The second-order valence-electron chi connectivity index (χ2n) is 13.1. The first-order chi connectivity index (χ1) is 25.8. The van der Waals surface area contributed by atoms with E-state index in [9.17, 15) is 29.4 Å². The number of rotatable bonds is 10. The van der Waals surface area contributed by atoms with Gasteiger partial charge in [-0.25, -0.2) is 0 Å². The number of carbonyl (C=O) groups excluding carboxylic acids is 4. The highest BCUT2D eigenvalue weighted by Gasteiger charge is 2.38. The minimum absolute atomic E-state index is 0.265. The number of carbonyl (C=O) groups is 4. The lowest BCUT2D eigenvalue weighted by Gasteiger charge is -2.26. The molecule has 5 aromatic rings. The van der Waals surface area contributed by atoms with Crippen molar-refractivity contribution in [2.24, 2.45) is 0 Å². The van der Waals surface area contributed by atoms with E-state index in [1.54, 1.807) is 109 Å². The van der Waals surface area contributed by atoms with Crippen LogP contribution in [0.3, 0.4) is 0 Å². The standard InChI is InChI=1S/C40H38N6O7/c47-33(25-9-3-1-4-10-25)39(51)45-23-7-13-31(45)35(49)41-29-19-15-27(16-20-29)37-43-44-38(53-37)28-17-21-30(22-18-28)42-36(50)32-14-8-24-46(32)40(52)34(48)26-11-5-2-6-12-26/h1-6,9-12,15-22,31-34,47-48H,7-8,13-14,23-24H2,(H,41,49)(H,42,50)/t31-,32-,33+,34+/m0/s1. The van der Waals surface area contributed by atoms with Crippen LogP contribution in [0, 0.1) is 0 Å². The Hall–Kier alpha value is -6.18. The molecule has 2 fully saturated rings. The normalized spacial score (nSPS) is 18.0. The third-order valence-electron chi connectivity index (χ3n) is 9.60. The van der Waals surface area contributed by atoms with Crippen molar-refractivity contribution in [2.75, 3.05) is 23.7 Å². The Morgan fingerprint density at radius 1 is 0.585 bits per heavy atom. The van der Waals surface area contributed by atoms with Gasteiger partial charge in [-0.1, -0.05) is 60.7 Å². The number of nitrogens with one attached hydrogen (secondary N) is 2. The summed E-state index contributed by atoms with van der Waals surface area (Å²) in [5.74, 6) is -1.14. The molecular formula is C40H38N6O7. The second kappa shape index (κ2) is 15.6. The molecule has 7 rings (SSSR count). The van der Waals surface area contributed by atoms with E-state index in [1.165, 1.54) is 9.80 Å². The van der Waals surface area contributed by atoms with E-state index in [1.807, 2.05) is 0 Å². The van der Waals surface area contributed by atoms with Crippen LogP contribution in [0.15, 0.2) is 114 Å². The molecule has 53 heavy (non-hydrogen) atoms. The predicted octanol–water partition coefficient (Wildman–Crippen LogP) is 4.73. The zero-order valence-electron chi connectivity index (χ0n) is 28.7. The average Bonchev–Trinajstić information content (AvgIpc) is 4.00. The third kappa shape index (κ3) is 7.71. The van der Waals surface area contributed by atoms with Crippen LogP contribution in [0.5, 0.6) is 0 Å². The Morgan fingerprint density at radius 3 is 1.34 bits per heavy atom. The largest absolute Gasteiger partial charge is 0.416 e. The fraction of sp³-hybridized carbons (Fsp3) is 0.250. The molecule has 2 aliphatic heterocycles. The number of hydrogen-bond acceptors (Lipinski definition) is 9. The molecule has 2 saturated heterocycles. The molecule has 3 heterocycles. The minimum Gasteiger partial charge on any atom is -0.416 e. The maximum Gasteiger partial charge on any atom is 0.256 e. The van der Waals surface area contributed by atoms with E-state index in [0.29, 0.717) is 72.4 Å². The van der Waals surface area contributed by atoms with Crippen molar-refractivity contribution in [3.05, 3.63) is 120 Å². The SMILES string of the molecule is O=C(Nc1ccc(-c2nnc(-c3ccc(NC(=O)[C@@H]4CCCN4C(=O)[C@H](O)c4ccccc4)cc3)o2)cc1)[C@@H]1CCCN1C(=O)[C@H](O)c1ccccc1. The Kier molecular flexibility index (Phi) is 10.4. The zero-order chi connectivity index (χ0) is 36.9. The molecule has 0 saturated carbocycles. The number of benzene rings is 4. The molecule has 0 unspecified atom stereocenters. The third-order valence-corrected chi connectivity index (χ3v) is 9.60. The van der Waals surface area contributed by atoms with Crippen LogP contribution < -0.4 is 10.6 Å². The lowest BCUT2D eigenvalue weighted by atomic mass is 10.1. The highest BCUT2D eigenvalue weighted by Crippen LogP contribution is 2.29. The lowest BCUT2D eigenvalue weighted by molar-refractivity contribution is -0.144. The van der Waals surface area contributed by atoms with Gasteiger partial charge in [0.2, 0.25) is 23.6 Å². The van der Waals surface area contributed by atoms with Gasteiger partial charge in [0.05, 0.1) is 0 Å². The van der Waals surface area contributed by atoms with Crippen LogP contribution in [0.2, 0.25) is 0 Å². The summed E-state index contributed by atoms with van der Waals surface area (Å²) in [5.41, 5.74) is 3.26. The monoisotopic (exact) mass is 714 g/mol.